The molecule has 1 N–H and O–H groups in total. The summed E-state index contributed by atoms with van der Waals surface area (Å²) in [6.07, 6.45) is 4.28. The minimum atomic E-state index is -1.28. The number of ether oxygens (including phenoxy) is 1. The highest BCUT2D eigenvalue weighted by Crippen LogP contribution is 2.63. The van der Waals surface area contributed by atoms with E-state index in [1.165, 1.54) is 22.3 Å². The van der Waals surface area contributed by atoms with E-state index in [4.69, 9.17) is 4.74 Å². The van der Waals surface area contributed by atoms with E-state index < -0.39 is 35.0 Å². The molecule has 49 heavy (non-hydrogen) atoms. The maximum Gasteiger partial charge on any atom is 0.234 e. The van der Waals surface area contributed by atoms with Crippen molar-refractivity contribution >= 4 is 40.3 Å². The lowest BCUT2D eigenvalue weighted by molar-refractivity contribution is -0.141. The summed E-state index contributed by atoms with van der Waals surface area (Å²) >= 11 is 1.51. The molecule has 7 nitrogen and oxygen atoms in total. The van der Waals surface area contributed by atoms with Crippen LogP contribution in [-0.4, -0.2) is 46.6 Å². The molecule has 1 saturated carbocycles. The molecule has 0 radical (unpaired) electrons. The van der Waals surface area contributed by atoms with Crippen molar-refractivity contribution in [1.82, 2.24) is 4.90 Å². The molecule has 2 fully saturated rings. The zero-order chi connectivity index (χ0) is 33.7. The van der Waals surface area contributed by atoms with Gasteiger partial charge in [0.05, 0.1) is 30.4 Å². The van der Waals surface area contributed by atoms with Gasteiger partial charge in [-0.1, -0.05) is 90.5 Å². The number of imide groups is 1. The second-order valence-corrected chi connectivity index (χ2v) is 14.3. The molecular weight excluding hydrogens is 635 g/mol. The van der Waals surface area contributed by atoms with Crippen molar-refractivity contribution in [2.24, 2.45) is 23.7 Å². The lowest BCUT2D eigenvalue weighted by Crippen LogP contribution is -2.58. The molecule has 3 aliphatic carbocycles. The lowest BCUT2D eigenvalue weighted by Gasteiger charge is -2.55. The fraction of sp³-hybridized carbons (Fsp3) is 0.268. The van der Waals surface area contributed by atoms with E-state index in [-0.39, 0.29) is 49.6 Å². The second kappa shape index (κ2) is 12.5. The molecule has 4 aliphatic rings. The molecule has 8 heteroatoms. The van der Waals surface area contributed by atoms with Gasteiger partial charge in [-0.05, 0) is 65.1 Å². The van der Waals surface area contributed by atoms with E-state index in [9.17, 15) is 19.5 Å². The number of carbonyl (C=O) groups excluding carboxylic acids is 4. The van der Waals surface area contributed by atoms with E-state index in [0.717, 1.165) is 21.6 Å². The molecule has 6 unspecified atom stereocenters. The zero-order valence-electron chi connectivity index (χ0n) is 26.7. The average Bonchev–Trinajstić information content (AvgIpc) is 3.75. The number of hydrogen-bond donors (Lipinski definition) is 1. The predicted molar refractivity (Wildman–Crippen MR) is 185 cm³/mol. The molecule has 2 heterocycles. The average molecular weight is 670 g/mol. The molecule has 2 amide bonds. The van der Waals surface area contributed by atoms with Gasteiger partial charge in [0, 0.05) is 22.3 Å². The van der Waals surface area contributed by atoms with Crippen LogP contribution in [0.2, 0.25) is 0 Å². The third-order valence-corrected chi connectivity index (χ3v) is 11.8. The normalized spacial score (nSPS) is 27.6. The minimum Gasteiger partial charge on any atom is -0.491 e. The summed E-state index contributed by atoms with van der Waals surface area (Å²) in [5.41, 5.74) is 2.29. The number of hydrogen-bond acceptors (Lipinski definition) is 7. The standard InChI is InChI=1S/C41H35NO6S/c43-19-20-48-28-15-13-26(14-16-28)37-30-17-18-31-36(40(47)42(39(31)46)24-29-12-7-21-49-29)33(30)22-34-38(45)32(25-8-3-1-4-9-25)23-35(44)41(34,37)27-10-5-2-6-11-27/h1-17,21,23,31,33-34,36-37,43H,18-20,22,24H2. The fourth-order valence-corrected chi connectivity index (χ4v) is 9.64. The third kappa shape index (κ3) is 4.96. The van der Waals surface area contributed by atoms with Gasteiger partial charge in [-0.25, -0.2) is 0 Å². The molecule has 246 valence electrons. The molecule has 1 saturated heterocycles. The summed E-state index contributed by atoms with van der Waals surface area (Å²) in [6.45, 7) is 0.259. The van der Waals surface area contributed by atoms with Crippen molar-refractivity contribution in [1.29, 1.82) is 0 Å². The fourth-order valence-electron chi connectivity index (χ4n) is 8.95. The highest BCUT2D eigenvalue weighted by atomic mass is 32.1. The Bertz CT molecular complexity index is 1980. The van der Waals surface area contributed by atoms with Gasteiger partial charge in [0.1, 0.15) is 12.4 Å². The molecule has 4 aromatic rings. The maximum atomic E-state index is 15.1. The van der Waals surface area contributed by atoms with Crippen LogP contribution < -0.4 is 4.74 Å². The summed E-state index contributed by atoms with van der Waals surface area (Å²) in [4.78, 5) is 60.6. The van der Waals surface area contributed by atoms with Crippen LogP contribution in [0.15, 0.2) is 120 Å². The Labute approximate surface area is 288 Å². The van der Waals surface area contributed by atoms with E-state index >= 15 is 4.79 Å². The summed E-state index contributed by atoms with van der Waals surface area (Å²) < 4.78 is 5.68. The van der Waals surface area contributed by atoms with Crippen molar-refractivity contribution < 1.29 is 29.0 Å². The van der Waals surface area contributed by atoms with Crippen molar-refractivity contribution in [3.63, 3.8) is 0 Å². The number of aliphatic hydroxyl groups excluding tert-OH is 1. The summed E-state index contributed by atoms with van der Waals surface area (Å²) in [5, 5.41) is 11.2. The highest BCUT2D eigenvalue weighted by molar-refractivity contribution is 7.09. The Morgan fingerprint density at radius 3 is 2.27 bits per heavy atom. The smallest absolute Gasteiger partial charge is 0.234 e. The van der Waals surface area contributed by atoms with Gasteiger partial charge in [-0.15, -0.1) is 11.3 Å². The first kappa shape index (κ1) is 31.4. The molecular formula is C41H35NO6S. The first-order valence-electron chi connectivity index (χ1n) is 16.8. The number of aliphatic hydroxyl groups is 1. The Kier molecular flexibility index (Phi) is 8.01. The van der Waals surface area contributed by atoms with Gasteiger partial charge >= 0.3 is 0 Å². The van der Waals surface area contributed by atoms with Gasteiger partial charge in [0.15, 0.2) is 11.6 Å². The number of likely N-dealkylation sites (tertiary alicyclic amines) is 1. The van der Waals surface area contributed by atoms with Crippen molar-refractivity contribution in [2.75, 3.05) is 13.2 Å². The number of ketones is 2. The van der Waals surface area contributed by atoms with Crippen LogP contribution in [0, 0.1) is 23.7 Å². The van der Waals surface area contributed by atoms with Crippen LogP contribution in [0.4, 0.5) is 0 Å². The van der Waals surface area contributed by atoms with Crippen molar-refractivity contribution in [3.8, 4) is 5.75 Å². The molecule has 1 aromatic heterocycles. The number of carbonyl (C=O) groups is 4. The van der Waals surface area contributed by atoms with Crippen LogP contribution in [-0.2, 0) is 31.1 Å². The quantitative estimate of drug-likeness (QED) is 0.179. The van der Waals surface area contributed by atoms with Crippen LogP contribution in [0.1, 0.15) is 40.3 Å². The number of allylic oxidation sites excluding steroid dienone is 4. The van der Waals surface area contributed by atoms with Gasteiger partial charge < -0.3 is 9.84 Å². The van der Waals surface area contributed by atoms with E-state index in [0.29, 0.717) is 23.3 Å². The van der Waals surface area contributed by atoms with E-state index in [1.807, 2.05) is 102 Å². The van der Waals surface area contributed by atoms with Crippen LogP contribution >= 0.6 is 11.3 Å². The number of nitrogens with zero attached hydrogens (tertiary/aromatic N) is 1. The number of amides is 2. The predicted octanol–water partition coefficient (Wildman–Crippen LogP) is 6.14. The van der Waals surface area contributed by atoms with Crippen LogP contribution in [0.3, 0.4) is 0 Å². The minimum absolute atomic E-state index is 0.122. The number of thiophene rings is 1. The Balaban J connectivity index is 1.32. The summed E-state index contributed by atoms with van der Waals surface area (Å²) in [5.74, 6) is -2.98. The SMILES string of the molecule is O=C1C(c2ccccc2)=CC(=O)C2(c3ccccc3)C1CC1C(=CCC3C(=O)N(Cc4cccs4)C(=O)C31)C2c1ccc(OCCO)cc1. The monoisotopic (exact) mass is 669 g/mol. The molecule has 3 aromatic carbocycles. The van der Waals surface area contributed by atoms with Gasteiger partial charge in [0.25, 0.3) is 0 Å². The zero-order valence-corrected chi connectivity index (χ0v) is 27.6. The summed E-state index contributed by atoms with van der Waals surface area (Å²) in [6, 6.07) is 30.2. The topological polar surface area (TPSA) is 101 Å². The van der Waals surface area contributed by atoms with Gasteiger partial charge in [-0.2, -0.15) is 0 Å². The Morgan fingerprint density at radius 2 is 1.57 bits per heavy atom. The molecule has 1 aliphatic heterocycles. The second-order valence-electron chi connectivity index (χ2n) is 13.3. The number of fused-ring (bicyclic) bond motifs is 4. The molecule has 0 spiro atoms. The molecule has 6 atom stereocenters. The molecule has 0 bridgehead atoms. The summed E-state index contributed by atoms with van der Waals surface area (Å²) in [7, 11) is 0. The first-order valence-corrected chi connectivity index (χ1v) is 17.6. The van der Waals surface area contributed by atoms with E-state index in [1.54, 1.807) is 0 Å². The number of benzene rings is 3. The van der Waals surface area contributed by atoms with Crippen LogP contribution in [0.25, 0.3) is 5.57 Å². The maximum absolute atomic E-state index is 15.1. The van der Waals surface area contributed by atoms with Gasteiger partial charge in [-0.3, -0.25) is 24.1 Å². The molecule has 8 rings (SSSR count). The lowest BCUT2D eigenvalue weighted by atomic mass is 9.44. The Hall–Kier alpha value is -4.92. The first-order chi connectivity index (χ1) is 23.9. The van der Waals surface area contributed by atoms with Crippen LogP contribution in [0.5, 0.6) is 5.75 Å². The van der Waals surface area contributed by atoms with Crippen molar-refractivity contribution in [2.45, 2.75) is 30.7 Å². The largest absolute Gasteiger partial charge is 0.491 e. The third-order valence-electron chi connectivity index (χ3n) is 10.9. The number of Topliss-reactive ketones (excluding diaryl/α,β-unsaturated/α-hetero) is 1. The Morgan fingerprint density at radius 1 is 0.837 bits per heavy atom. The number of rotatable bonds is 8. The highest BCUT2D eigenvalue weighted by Gasteiger charge is 2.65. The van der Waals surface area contributed by atoms with E-state index in [2.05, 4.69) is 6.08 Å². The van der Waals surface area contributed by atoms with Crippen molar-refractivity contribution in [3.05, 3.63) is 142 Å². The van der Waals surface area contributed by atoms with Gasteiger partial charge in [0.2, 0.25) is 11.8 Å².